The molecular weight excluding hydrogens is 409 g/mol. The van der Waals surface area contributed by atoms with Crippen molar-refractivity contribution in [3.63, 3.8) is 0 Å². The Labute approximate surface area is 176 Å². The Morgan fingerprint density at radius 3 is 2.60 bits per heavy atom. The molecule has 0 aliphatic carbocycles. The van der Waals surface area contributed by atoms with E-state index in [1.165, 1.54) is 12.1 Å². The van der Waals surface area contributed by atoms with Crippen molar-refractivity contribution in [2.45, 2.75) is 13.2 Å². The molecule has 0 saturated heterocycles. The van der Waals surface area contributed by atoms with E-state index in [0.29, 0.717) is 28.9 Å². The summed E-state index contributed by atoms with van der Waals surface area (Å²) in [6, 6.07) is 18.1. The minimum Gasteiger partial charge on any atom is -0.486 e. The number of carbonyl (C=O) groups excluding carboxylic acids is 1. The number of furan rings is 1. The van der Waals surface area contributed by atoms with Crippen LogP contribution in [0, 0.1) is 5.82 Å². The number of nitrogens with one attached hydrogen (secondary N) is 1. The number of rotatable bonds is 7. The number of nitrogens with zero attached hydrogens (tertiary/aromatic N) is 2. The van der Waals surface area contributed by atoms with Gasteiger partial charge in [-0.2, -0.15) is 5.10 Å². The maximum Gasteiger partial charge on any atom is 0.292 e. The molecule has 0 aliphatic heterocycles. The van der Waals surface area contributed by atoms with Gasteiger partial charge in [0.1, 0.15) is 23.9 Å². The van der Waals surface area contributed by atoms with Crippen molar-refractivity contribution in [3.05, 3.63) is 101 Å². The van der Waals surface area contributed by atoms with E-state index in [1.807, 2.05) is 0 Å². The molecule has 0 fully saturated rings. The molecule has 1 amide bonds. The Kier molecular flexibility index (Phi) is 5.81. The molecule has 1 N–H and O–H groups in total. The van der Waals surface area contributed by atoms with Crippen LogP contribution < -0.4 is 10.1 Å². The molecule has 2 aromatic heterocycles. The van der Waals surface area contributed by atoms with Crippen molar-refractivity contribution in [1.29, 1.82) is 0 Å². The number of aromatic nitrogens is 2. The third-order valence-electron chi connectivity index (χ3n) is 4.22. The van der Waals surface area contributed by atoms with Crippen molar-refractivity contribution >= 4 is 23.3 Å². The fourth-order valence-corrected chi connectivity index (χ4v) is 2.86. The molecule has 4 rings (SSSR count). The topological polar surface area (TPSA) is 69.3 Å². The molecular formula is C22H17ClFN3O3. The van der Waals surface area contributed by atoms with E-state index in [4.69, 9.17) is 20.8 Å². The van der Waals surface area contributed by atoms with E-state index >= 15 is 0 Å². The van der Waals surface area contributed by atoms with Gasteiger partial charge in [-0.3, -0.25) is 9.48 Å². The van der Waals surface area contributed by atoms with E-state index in [0.717, 1.165) is 5.56 Å². The summed E-state index contributed by atoms with van der Waals surface area (Å²) < 4.78 is 25.8. The van der Waals surface area contributed by atoms with Gasteiger partial charge in [-0.1, -0.05) is 23.7 Å². The first-order chi connectivity index (χ1) is 14.5. The Hall–Kier alpha value is -3.58. The third-order valence-corrected chi connectivity index (χ3v) is 4.47. The second-order valence-electron chi connectivity index (χ2n) is 6.49. The van der Waals surface area contributed by atoms with E-state index in [9.17, 15) is 9.18 Å². The first-order valence-electron chi connectivity index (χ1n) is 9.11. The summed E-state index contributed by atoms with van der Waals surface area (Å²) in [7, 11) is 0. The Bertz CT molecular complexity index is 1140. The highest BCUT2D eigenvalue weighted by Crippen LogP contribution is 2.18. The zero-order valence-corrected chi connectivity index (χ0v) is 16.5. The predicted octanol–water partition coefficient (Wildman–Crippen LogP) is 5.15. The van der Waals surface area contributed by atoms with E-state index in [-0.39, 0.29) is 18.2 Å². The number of carbonyl (C=O) groups is 1. The van der Waals surface area contributed by atoms with Crippen molar-refractivity contribution in [1.82, 2.24) is 9.78 Å². The van der Waals surface area contributed by atoms with Gasteiger partial charge < -0.3 is 14.5 Å². The van der Waals surface area contributed by atoms with Gasteiger partial charge in [-0.05, 0) is 54.1 Å². The van der Waals surface area contributed by atoms with Crippen LogP contribution in [-0.2, 0) is 13.2 Å². The van der Waals surface area contributed by atoms with Crippen LogP contribution in [0.5, 0.6) is 5.75 Å². The molecule has 4 aromatic rings. The van der Waals surface area contributed by atoms with Gasteiger partial charge in [-0.25, -0.2) is 4.39 Å². The van der Waals surface area contributed by atoms with Crippen LogP contribution in [0.2, 0.25) is 5.02 Å². The molecule has 0 spiro atoms. The first-order valence-corrected chi connectivity index (χ1v) is 9.49. The third kappa shape index (κ3) is 5.07. The largest absolute Gasteiger partial charge is 0.486 e. The fraction of sp³-hybridized carbons (Fsp3) is 0.0909. The molecule has 8 heteroatoms. The summed E-state index contributed by atoms with van der Waals surface area (Å²) in [5, 5.41) is 7.61. The van der Waals surface area contributed by atoms with Crippen LogP contribution in [0.1, 0.15) is 21.9 Å². The highest BCUT2D eigenvalue weighted by Gasteiger charge is 2.13. The number of benzene rings is 2. The average Bonchev–Trinajstić information content (AvgIpc) is 3.39. The second-order valence-corrected chi connectivity index (χ2v) is 6.92. The van der Waals surface area contributed by atoms with Gasteiger partial charge >= 0.3 is 0 Å². The van der Waals surface area contributed by atoms with E-state index in [2.05, 4.69) is 10.4 Å². The molecule has 152 valence electrons. The van der Waals surface area contributed by atoms with Crippen LogP contribution in [0.25, 0.3) is 0 Å². The lowest BCUT2D eigenvalue weighted by molar-refractivity contribution is 0.0992. The smallest absolute Gasteiger partial charge is 0.292 e. The molecule has 2 aromatic carbocycles. The Morgan fingerprint density at radius 1 is 1.07 bits per heavy atom. The van der Waals surface area contributed by atoms with Crippen molar-refractivity contribution < 1.29 is 18.3 Å². The minimum absolute atomic E-state index is 0.151. The molecule has 6 nitrogen and oxygen atoms in total. The lowest BCUT2D eigenvalue weighted by Gasteiger charge is -2.04. The number of ether oxygens (including phenoxy) is 1. The SMILES string of the molecule is O=C(Nc1ccn(Cc2ccc(F)cc2)n1)c1ccc(COc2ccc(Cl)cc2)o1. The number of amides is 1. The second kappa shape index (κ2) is 8.84. The summed E-state index contributed by atoms with van der Waals surface area (Å²) in [5.41, 5.74) is 0.897. The Balaban J connectivity index is 1.32. The Morgan fingerprint density at radius 2 is 1.83 bits per heavy atom. The predicted molar refractivity (Wildman–Crippen MR) is 110 cm³/mol. The van der Waals surface area contributed by atoms with Gasteiger partial charge in [0, 0.05) is 17.3 Å². The van der Waals surface area contributed by atoms with Gasteiger partial charge in [0.2, 0.25) is 0 Å². The molecule has 30 heavy (non-hydrogen) atoms. The first kappa shape index (κ1) is 19.7. The van der Waals surface area contributed by atoms with E-state index in [1.54, 1.807) is 65.5 Å². The normalized spacial score (nSPS) is 10.7. The van der Waals surface area contributed by atoms with Crippen LogP contribution in [0.3, 0.4) is 0 Å². The maximum atomic E-state index is 13.0. The van der Waals surface area contributed by atoms with Gasteiger partial charge in [0.15, 0.2) is 11.6 Å². The van der Waals surface area contributed by atoms with Gasteiger partial charge in [0.25, 0.3) is 5.91 Å². The minimum atomic E-state index is -0.417. The van der Waals surface area contributed by atoms with Crippen LogP contribution in [-0.4, -0.2) is 15.7 Å². The van der Waals surface area contributed by atoms with Gasteiger partial charge in [0.05, 0.1) is 6.54 Å². The quantitative estimate of drug-likeness (QED) is 0.444. The molecule has 0 saturated carbocycles. The average molecular weight is 426 g/mol. The molecule has 0 bridgehead atoms. The molecule has 0 radical (unpaired) electrons. The van der Waals surface area contributed by atoms with Crippen LogP contribution in [0.15, 0.2) is 77.3 Å². The summed E-state index contributed by atoms with van der Waals surface area (Å²) >= 11 is 5.84. The highest BCUT2D eigenvalue weighted by atomic mass is 35.5. The monoisotopic (exact) mass is 425 g/mol. The van der Waals surface area contributed by atoms with Crippen LogP contribution >= 0.6 is 11.6 Å². The number of anilines is 1. The maximum absolute atomic E-state index is 13.0. The van der Waals surface area contributed by atoms with Gasteiger partial charge in [-0.15, -0.1) is 0 Å². The summed E-state index contributed by atoms with van der Waals surface area (Å²) in [5.74, 6) is 0.990. The highest BCUT2D eigenvalue weighted by molar-refractivity contribution is 6.30. The summed E-state index contributed by atoms with van der Waals surface area (Å²) in [6.07, 6.45) is 1.73. The summed E-state index contributed by atoms with van der Waals surface area (Å²) in [6.45, 7) is 0.643. The molecule has 0 unspecified atom stereocenters. The number of hydrogen-bond donors (Lipinski definition) is 1. The number of hydrogen-bond acceptors (Lipinski definition) is 4. The molecule has 0 aliphatic rings. The number of halogens is 2. The molecule has 2 heterocycles. The van der Waals surface area contributed by atoms with Crippen LogP contribution in [0.4, 0.5) is 10.2 Å². The van der Waals surface area contributed by atoms with Crippen molar-refractivity contribution in [3.8, 4) is 5.75 Å². The van der Waals surface area contributed by atoms with Crippen molar-refractivity contribution in [2.75, 3.05) is 5.32 Å². The lowest BCUT2D eigenvalue weighted by atomic mass is 10.2. The van der Waals surface area contributed by atoms with Crippen molar-refractivity contribution in [2.24, 2.45) is 0 Å². The summed E-state index contributed by atoms with van der Waals surface area (Å²) in [4.78, 5) is 12.4. The van der Waals surface area contributed by atoms with E-state index < -0.39 is 5.91 Å². The standard InChI is InChI=1S/C22H17ClFN3O3/c23-16-3-7-18(8-4-16)29-14-19-9-10-20(30-19)22(28)25-21-11-12-27(26-21)13-15-1-5-17(24)6-2-15/h1-12H,13-14H2,(H,25,26,28). The molecule has 0 atom stereocenters. The zero-order valence-electron chi connectivity index (χ0n) is 15.7. The lowest BCUT2D eigenvalue weighted by Crippen LogP contribution is -2.12. The fourth-order valence-electron chi connectivity index (χ4n) is 2.73. The zero-order chi connectivity index (χ0) is 20.9.